The zero-order valence-corrected chi connectivity index (χ0v) is 75.5. The van der Waals surface area contributed by atoms with Gasteiger partial charge in [0.15, 0.2) is 5.58 Å². The van der Waals surface area contributed by atoms with Crippen molar-refractivity contribution in [1.82, 2.24) is 0 Å². The van der Waals surface area contributed by atoms with Gasteiger partial charge in [0.1, 0.15) is 5.58 Å². The summed E-state index contributed by atoms with van der Waals surface area (Å²) < 4.78 is 6.67. The standard InChI is InChI=1S/C65H48N2O.C61H50N2/c1-41-18-8-13-28-59(41)67(60-29-14-9-19-42(60)2)45-34-32-43(33-35-45)53-39-55-51-25-16-27-57-63(51)56(40-54(55)48-23-11-10-22-47(48)53)49-37-36-46(38-58(49)65(57,3)4)66(44-20-6-5-7-21-44)61-30-17-26-52-50-24-12-15-31-62(50)68-64(52)61;1-39-41(3)60(63(45-26-15-9-16-27-45)46-28-17-10-18-29-46)42(4)40(2)58(39)54-38-53-51-32-21-33-56-59(51)55(37-52(53)48-30-19-20-31-49(48)54)50-35-34-47(36-57(50)61(56,5)6)62(43-22-11-7-12-23-43)44-24-13-8-14-25-44/h5-40H,1-4H3;7-38H,1-6H3. The molecule has 0 unspecified atom stereocenters. The fraction of sp³-hybridized carbons (Fsp3) is 0.0952. The van der Waals surface area contributed by atoms with E-state index in [1.807, 2.05) is 6.07 Å². The molecule has 1 aromatic heterocycles. The van der Waals surface area contributed by atoms with Crippen LogP contribution in [0.25, 0.3) is 131 Å². The van der Waals surface area contributed by atoms with Gasteiger partial charge < -0.3 is 24.0 Å². The van der Waals surface area contributed by atoms with Crippen LogP contribution in [0.4, 0.5) is 68.2 Å². The third-order valence-corrected chi connectivity index (χ3v) is 28.7. The van der Waals surface area contributed by atoms with E-state index in [1.54, 1.807) is 0 Å². The van der Waals surface area contributed by atoms with Gasteiger partial charge in [-0.2, -0.15) is 0 Å². The summed E-state index contributed by atoms with van der Waals surface area (Å²) in [6, 6.07) is 151. The van der Waals surface area contributed by atoms with Crippen LogP contribution >= 0.6 is 0 Å². The predicted octanol–water partition coefficient (Wildman–Crippen LogP) is 35.9. The van der Waals surface area contributed by atoms with Gasteiger partial charge in [0, 0.05) is 78.5 Å². The molecule has 22 aromatic rings. The molecule has 0 aliphatic heterocycles. The van der Waals surface area contributed by atoms with E-state index in [-0.39, 0.29) is 10.8 Å². The summed E-state index contributed by atoms with van der Waals surface area (Å²) in [5, 5.41) is 17.7. The van der Waals surface area contributed by atoms with Crippen molar-refractivity contribution in [1.29, 1.82) is 0 Å². The van der Waals surface area contributed by atoms with E-state index >= 15 is 0 Å². The number of hydrogen-bond donors (Lipinski definition) is 0. The van der Waals surface area contributed by atoms with Crippen LogP contribution in [0, 0.1) is 41.5 Å². The molecule has 24 rings (SSSR count). The summed E-state index contributed by atoms with van der Waals surface area (Å²) in [7, 11) is 0. The van der Waals surface area contributed by atoms with E-state index in [1.165, 1.54) is 182 Å². The summed E-state index contributed by atoms with van der Waals surface area (Å²) >= 11 is 0. The Morgan fingerprint density at radius 1 is 0.206 bits per heavy atom. The van der Waals surface area contributed by atoms with Crippen molar-refractivity contribution >= 4 is 155 Å². The van der Waals surface area contributed by atoms with Crippen LogP contribution in [0.2, 0.25) is 0 Å². The molecule has 5 heteroatoms. The lowest BCUT2D eigenvalue weighted by atomic mass is 9.67. The number of rotatable bonds is 14. The van der Waals surface area contributed by atoms with Crippen LogP contribution in [-0.4, -0.2) is 0 Å². The molecule has 0 spiro atoms. The van der Waals surface area contributed by atoms with E-state index in [9.17, 15) is 0 Å². The topological polar surface area (TPSA) is 26.1 Å². The van der Waals surface area contributed by atoms with Crippen molar-refractivity contribution in [3.8, 4) is 44.5 Å². The number of aryl methyl sites for hydroxylation is 2. The second-order valence-electron chi connectivity index (χ2n) is 36.8. The number of benzene rings is 21. The maximum Gasteiger partial charge on any atom is 0.159 e. The van der Waals surface area contributed by atoms with Crippen LogP contribution in [0.1, 0.15) is 83.3 Å². The maximum atomic E-state index is 6.67. The number of fused-ring (bicyclic) bond motifs is 15. The first-order valence-electron chi connectivity index (χ1n) is 45.9. The molecule has 2 aliphatic rings. The Morgan fingerprint density at radius 3 is 1.03 bits per heavy atom. The van der Waals surface area contributed by atoms with Crippen molar-refractivity contribution in [3.63, 3.8) is 0 Å². The van der Waals surface area contributed by atoms with Gasteiger partial charge in [-0.3, -0.25) is 0 Å². The van der Waals surface area contributed by atoms with Crippen LogP contribution < -0.4 is 19.6 Å². The zero-order chi connectivity index (χ0) is 88.7. The third-order valence-electron chi connectivity index (χ3n) is 28.7. The number of para-hydroxylation sites is 9. The normalized spacial score (nSPS) is 12.8. The molecule has 0 bridgehead atoms. The Bertz CT molecular complexity index is 8190. The van der Waals surface area contributed by atoms with Gasteiger partial charge in [0.25, 0.3) is 0 Å². The SMILES string of the molecule is Cc1c(C)c(N(c2ccccc2)c2ccccc2)c(C)c(C)c1-c1cc2c3cccc4c3c(cc2c2ccccc12)-c1ccc(N(c2ccccc2)c2ccccc2)cc1C4(C)C.Cc1ccccc1N(c1ccc(-c2cc3c4cccc5c4c(cc3c3ccccc23)-c2ccc(N(c3ccccc3)c3cccc4c3oc3ccccc34)cc2C5(C)C)cc1)c1ccccc1C. The quantitative estimate of drug-likeness (QED) is 0.101. The Kier molecular flexibility index (Phi) is 19.2. The van der Waals surface area contributed by atoms with Crippen LogP contribution in [0.3, 0.4) is 0 Å². The molecular formula is C126H98N4O. The van der Waals surface area contributed by atoms with Gasteiger partial charge in [-0.15, -0.1) is 0 Å². The van der Waals surface area contributed by atoms with Gasteiger partial charge in [-0.05, 0) is 352 Å². The number of furan rings is 1. The highest BCUT2D eigenvalue weighted by Gasteiger charge is 2.39. The minimum atomic E-state index is -0.297. The molecule has 2 aliphatic carbocycles. The summed E-state index contributed by atoms with van der Waals surface area (Å²) in [4.78, 5) is 9.57. The number of anilines is 12. The Morgan fingerprint density at radius 2 is 0.550 bits per heavy atom. The van der Waals surface area contributed by atoms with Gasteiger partial charge in [-0.1, -0.05) is 295 Å². The summed E-state index contributed by atoms with van der Waals surface area (Å²) in [6.45, 7) is 23.3. The lowest BCUT2D eigenvalue weighted by molar-refractivity contribution is 0.645. The van der Waals surface area contributed by atoms with Crippen molar-refractivity contribution < 1.29 is 4.42 Å². The summed E-state index contributed by atoms with van der Waals surface area (Å²) in [5.74, 6) is 0. The molecule has 0 N–H and O–H groups in total. The molecule has 0 atom stereocenters. The molecule has 0 saturated carbocycles. The Labute approximate surface area is 766 Å². The first-order valence-corrected chi connectivity index (χ1v) is 45.9. The highest BCUT2D eigenvalue weighted by atomic mass is 16.3. The minimum Gasteiger partial charge on any atom is -0.454 e. The summed E-state index contributed by atoms with van der Waals surface area (Å²) in [5.41, 5.74) is 38.1. The Hall–Kier alpha value is -15.8. The Balaban J connectivity index is 0.000000149. The molecule has 131 heavy (non-hydrogen) atoms. The lowest BCUT2D eigenvalue weighted by Gasteiger charge is -2.37. The van der Waals surface area contributed by atoms with Gasteiger partial charge in [0.2, 0.25) is 0 Å². The van der Waals surface area contributed by atoms with E-state index in [2.05, 4.69) is 495 Å². The molecule has 628 valence electrons. The number of hydrogen-bond acceptors (Lipinski definition) is 5. The second kappa shape index (κ2) is 31.6. The number of nitrogens with zero attached hydrogens (tertiary/aromatic N) is 4. The molecular weight excluding hydrogens is 1590 g/mol. The van der Waals surface area contributed by atoms with Crippen molar-refractivity contribution in [2.75, 3.05) is 19.6 Å². The minimum absolute atomic E-state index is 0.245. The van der Waals surface area contributed by atoms with Crippen molar-refractivity contribution in [2.24, 2.45) is 0 Å². The van der Waals surface area contributed by atoms with Crippen molar-refractivity contribution in [3.05, 3.63) is 468 Å². The highest BCUT2D eigenvalue weighted by molar-refractivity contribution is 6.27. The van der Waals surface area contributed by atoms with Gasteiger partial charge in [-0.25, -0.2) is 0 Å². The fourth-order valence-corrected chi connectivity index (χ4v) is 22.1. The predicted molar refractivity (Wildman–Crippen MR) is 558 cm³/mol. The van der Waals surface area contributed by atoms with Crippen LogP contribution in [-0.2, 0) is 10.8 Å². The molecule has 1 heterocycles. The van der Waals surface area contributed by atoms with Crippen LogP contribution in [0.5, 0.6) is 0 Å². The monoisotopic (exact) mass is 1680 g/mol. The van der Waals surface area contributed by atoms with Crippen molar-refractivity contribution in [2.45, 2.75) is 80.1 Å². The molecule has 0 fully saturated rings. The maximum absolute atomic E-state index is 6.67. The molecule has 21 aromatic carbocycles. The molecule has 5 nitrogen and oxygen atoms in total. The van der Waals surface area contributed by atoms with E-state index in [0.717, 1.165) is 73.1 Å². The third kappa shape index (κ3) is 12.9. The molecule has 0 saturated heterocycles. The van der Waals surface area contributed by atoms with E-state index in [4.69, 9.17) is 4.42 Å². The van der Waals surface area contributed by atoms with E-state index in [0.29, 0.717) is 0 Å². The highest BCUT2D eigenvalue weighted by Crippen LogP contribution is 2.58. The smallest absolute Gasteiger partial charge is 0.159 e. The van der Waals surface area contributed by atoms with E-state index < -0.39 is 0 Å². The average molecular weight is 1680 g/mol. The first-order chi connectivity index (χ1) is 64.0. The fourth-order valence-electron chi connectivity index (χ4n) is 22.1. The first kappa shape index (κ1) is 79.8. The largest absolute Gasteiger partial charge is 0.454 e. The van der Waals surface area contributed by atoms with Crippen LogP contribution in [0.15, 0.2) is 417 Å². The molecule has 0 amide bonds. The molecule has 0 radical (unpaired) electrons. The zero-order valence-electron chi connectivity index (χ0n) is 75.5. The lowest BCUT2D eigenvalue weighted by Crippen LogP contribution is -2.24. The average Bonchev–Trinajstić information content (AvgIpc) is 1.68. The van der Waals surface area contributed by atoms with Gasteiger partial charge in [0.05, 0.1) is 11.4 Å². The second-order valence-corrected chi connectivity index (χ2v) is 36.8. The van der Waals surface area contributed by atoms with Gasteiger partial charge >= 0.3 is 0 Å². The summed E-state index contributed by atoms with van der Waals surface area (Å²) in [6.07, 6.45) is 0.